The molecule has 2 rings (SSSR count). The number of ether oxygens (including phenoxy) is 1. The van der Waals surface area contributed by atoms with E-state index in [1.807, 2.05) is 18.2 Å². The minimum absolute atomic E-state index is 0.710. The molecular formula is C17H29N3O. The van der Waals surface area contributed by atoms with E-state index in [0.717, 1.165) is 30.9 Å². The SMILES string of the molecule is CCCOc1cc(NCCN2CCCCCC2)ccc1N. The van der Waals surface area contributed by atoms with Crippen molar-refractivity contribution in [2.75, 3.05) is 43.8 Å². The smallest absolute Gasteiger partial charge is 0.144 e. The lowest BCUT2D eigenvalue weighted by Crippen LogP contribution is -2.29. The van der Waals surface area contributed by atoms with Crippen LogP contribution in [0.15, 0.2) is 18.2 Å². The molecule has 0 aromatic heterocycles. The zero-order valence-corrected chi connectivity index (χ0v) is 13.2. The normalized spacial score (nSPS) is 16.4. The Morgan fingerprint density at radius 3 is 2.67 bits per heavy atom. The Labute approximate surface area is 128 Å². The molecule has 4 nitrogen and oxygen atoms in total. The summed E-state index contributed by atoms with van der Waals surface area (Å²) in [6.07, 6.45) is 6.46. The standard InChI is InChI=1S/C17H29N3O/c1-2-13-21-17-14-15(7-8-16(17)18)19-9-12-20-10-5-3-4-6-11-20/h7-8,14,19H,2-6,9-13,18H2,1H3. The number of likely N-dealkylation sites (tertiary alicyclic amines) is 1. The molecule has 0 radical (unpaired) electrons. The Balaban J connectivity index is 1.79. The van der Waals surface area contributed by atoms with Gasteiger partial charge in [0.25, 0.3) is 0 Å². The molecule has 0 saturated carbocycles. The van der Waals surface area contributed by atoms with E-state index in [-0.39, 0.29) is 0 Å². The zero-order valence-electron chi connectivity index (χ0n) is 13.2. The van der Waals surface area contributed by atoms with Gasteiger partial charge in [0.15, 0.2) is 0 Å². The van der Waals surface area contributed by atoms with Gasteiger partial charge in [-0.2, -0.15) is 0 Å². The van der Waals surface area contributed by atoms with Crippen molar-refractivity contribution in [3.05, 3.63) is 18.2 Å². The molecule has 1 aliphatic heterocycles. The predicted octanol–water partition coefficient (Wildman–Crippen LogP) is 3.35. The second kappa shape index (κ2) is 8.78. The van der Waals surface area contributed by atoms with E-state index in [9.17, 15) is 0 Å². The molecule has 0 atom stereocenters. The summed E-state index contributed by atoms with van der Waals surface area (Å²) in [5.41, 5.74) is 7.73. The lowest BCUT2D eigenvalue weighted by atomic mass is 10.2. The summed E-state index contributed by atoms with van der Waals surface area (Å²) in [6, 6.07) is 5.95. The second-order valence-corrected chi connectivity index (χ2v) is 5.78. The highest BCUT2D eigenvalue weighted by Crippen LogP contribution is 2.25. The van der Waals surface area contributed by atoms with Crippen molar-refractivity contribution in [2.24, 2.45) is 0 Å². The molecule has 1 fully saturated rings. The molecule has 1 aromatic carbocycles. The summed E-state index contributed by atoms with van der Waals surface area (Å²) < 4.78 is 5.66. The van der Waals surface area contributed by atoms with Crippen LogP contribution in [0.3, 0.4) is 0 Å². The van der Waals surface area contributed by atoms with E-state index >= 15 is 0 Å². The monoisotopic (exact) mass is 291 g/mol. The first-order valence-electron chi connectivity index (χ1n) is 8.28. The molecule has 0 bridgehead atoms. The number of nitrogens with zero attached hydrogens (tertiary/aromatic N) is 1. The largest absolute Gasteiger partial charge is 0.491 e. The first-order chi connectivity index (χ1) is 10.3. The minimum atomic E-state index is 0.710. The van der Waals surface area contributed by atoms with Crippen molar-refractivity contribution in [1.82, 2.24) is 4.90 Å². The third kappa shape index (κ3) is 5.46. The Kier molecular flexibility index (Phi) is 6.67. The van der Waals surface area contributed by atoms with Crippen LogP contribution in [-0.4, -0.2) is 37.7 Å². The fourth-order valence-electron chi connectivity index (χ4n) is 2.70. The molecule has 118 valence electrons. The summed E-state index contributed by atoms with van der Waals surface area (Å²) in [5.74, 6) is 0.789. The molecule has 1 aliphatic rings. The molecule has 1 heterocycles. The maximum atomic E-state index is 5.93. The molecule has 4 heteroatoms. The molecule has 1 aromatic rings. The van der Waals surface area contributed by atoms with Gasteiger partial charge >= 0.3 is 0 Å². The second-order valence-electron chi connectivity index (χ2n) is 5.78. The van der Waals surface area contributed by atoms with Crippen LogP contribution in [0.5, 0.6) is 5.75 Å². The van der Waals surface area contributed by atoms with Crippen molar-refractivity contribution in [1.29, 1.82) is 0 Å². The van der Waals surface area contributed by atoms with Crippen molar-refractivity contribution < 1.29 is 4.74 Å². The zero-order chi connectivity index (χ0) is 14.9. The quantitative estimate of drug-likeness (QED) is 0.756. The van der Waals surface area contributed by atoms with Gasteiger partial charge in [-0.25, -0.2) is 0 Å². The minimum Gasteiger partial charge on any atom is -0.491 e. The van der Waals surface area contributed by atoms with Crippen LogP contribution in [0.4, 0.5) is 11.4 Å². The van der Waals surface area contributed by atoms with E-state index < -0.39 is 0 Å². The highest BCUT2D eigenvalue weighted by molar-refractivity contribution is 5.61. The van der Waals surface area contributed by atoms with Crippen LogP contribution in [0.1, 0.15) is 39.0 Å². The molecule has 1 saturated heterocycles. The summed E-state index contributed by atoms with van der Waals surface area (Å²) >= 11 is 0. The summed E-state index contributed by atoms with van der Waals surface area (Å²) in [4.78, 5) is 2.56. The van der Waals surface area contributed by atoms with Gasteiger partial charge in [-0.05, 0) is 44.5 Å². The van der Waals surface area contributed by atoms with Crippen LogP contribution in [0, 0.1) is 0 Å². The van der Waals surface area contributed by atoms with E-state index in [1.54, 1.807) is 0 Å². The number of hydrogen-bond acceptors (Lipinski definition) is 4. The fraction of sp³-hybridized carbons (Fsp3) is 0.647. The van der Waals surface area contributed by atoms with Gasteiger partial charge in [0.1, 0.15) is 5.75 Å². The van der Waals surface area contributed by atoms with Gasteiger partial charge in [-0.3, -0.25) is 0 Å². The molecule has 0 amide bonds. The molecular weight excluding hydrogens is 262 g/mol. The third-order valence-electron chi connectivity index (χ3n) is 3.93. The maximum absolute atomic E-state index is 5.93. The van der Waals surface area contributed by atoms with E-state index in [4.69, 9.17) is 10.5 Å². The van der Waals surface area contributed by atoms with Crippen molar-refractivity contribution >= 4 is 11.4 Å². The first-order valence-corrected chi connectivity index (χ1v) is 8.28. The van der Waals surface area contributed by atoms with E-state index in [2.05, 4.69) is 17.1 Å². The van der Waals surface area contributed by atoms with Crippen molar-refractivity contribution in [2.45, 2.75) is 39.0 Å². The van der Waals surface area contributed by atoms with Crippen LogP contribution < -0.4 is 15.8 Å². The Bertz CT molecular complexity index is 414. The van der Waals surface area contributed by atoms with Crippen molar-refractivity contribution in [3.8, 4) is 5.75 Å². The average molecular weight is 291 g/mol. The summed E-state index contributed by atoms with van der Waals surface area (Å²) in [7, 11) is 0. The van der Waals surface area contributed by atoms with Gasteiger partial charge in [0.05, 0.1) is 12.3 Å². The maximum Gasteiger partial charge on any atom is 0.144 e. The number of hydrogen-bond donors (Lipinski definition) is 2. The summed E-state index contributed by atoms with van der Waals surface area (Å²) in [6.45, 7) is 7.37. The number of rotatable bonds is 7. The number of nitrogens with two attached hydrogens (primary N) is 1. The highest BCUT2D eigenvalue weighted by Gasteiger charge is 2.08. The van der Waals surface area contributed by atoms with Crippen molar-refractivity contribution in [3.63, 3.8) is 0 Å². The number of anilines is 2. The van der Waals surface area contributed by atoms with Crippen LogP contribution in [-0.2, 0) is 0 Å². The van der Waals surface area contributed by atoms with Gasteiger partial charge in [-0.1, -0.05) is 19.8 Å². The van der Waals surface area contributed by atoms with Gasteiger partial charge in [0, 0.05) is 24.8 Å². The molecule has 3 N–H and O–H groups in total. The van der Waals surface area contributed by atoms with Gasteiger partial charge < -0.3 is 20.7 Å². The highest BCUT2D eigenvalue weighted by atomic mass is 16.5. The van der Waals surface area contributed by atoms with Gasteiger partial charge in [-0.15, -0.1) is 0 Å². The fourth-order valence-corrected chi connectivity index (χ4v) is 2.70. The van der Waals surface area contributed by atoms with Gasteiger partial charge in [0.2, 0.25) is 0 Å². The third-order valence-corrected chi connectivity index (χ3v) is 3.93. The predicted molar refractivity (Wildman–Crippen MR) is 90.0 cm³/mol. The van der Waals surface area contributed by atoms with Crippen LogP contribution >= 0.6 is 0 Å². The lowest BCUT2D eigenvalue weighted by molar-refractivity contribution is 0.296. The lowest BCUT2D eigenvalue weighted by Gasteiger charge is -2.20. The van der Waals surface area contributed by atoms with Crippen LogP contribution in [0.2, 0.25) is 0 Å². The number of nitrogens with one attached hydrogen (secondary N) is 1. The summed E-state index contributed by atoms with van der Waals surface area (Å²) in [5, 5.41) is 3.48. The Morgan fingerprint density at radius 1 is 1.19 bits per heavy atom. The molecule has 0 spiro atoms. The average Bonchev–Trinajstić information content (AvgIpc) is 2.76. The number of benzene rings is 1. The van der Waals surface area contributed by atoms with E-state index in [0.29, 0.717) is 12.3 Å². The topological polar surface area (TPSA) is 50.5 Å². The first kappa shape index (κ1) is 16.0. The Hall–Kier alpha value is -1.42. The molecule has 0 aliphatic carbocycles. The van der Waals surface area contributed by atoms with Crippen LogP contribution in [0.25, 0.3) is 0 Å². The Morgan fingerprint density at radius 2 is 1.95 bits per heavy atom. The number of nitrogen functional groups attached to an aromatic ring is 1. The molecule has 21 heavy (non-hydrogen) atoms. The van der Waals surface area contributed by atoms with E-state index in [1.165, 1.54) is 38.8 Å². The molecule has 0 unspecified atom stereocenters.